The number of hydrogen-bond acceptors (Lipinski definition) is 2. The first-order chi connectivity index (χ1) is 5.59. The second-order valence-corrected chi connectivity index (χ2v) is 3.42. The number of aliphatic hydroxyl groups excluding tert-OH is 1. The van der Waals surface area contributed by atoms with Crippen molar-refractivity contribution in [3.63, 3.8) is 0 Å². The van der Waals surface area contributed by atoms with Crippen LogP contribution < -0.4 is 11.1 Å². The molecule has 0 amide bonds. The molecule has 0 aromatic heterocycles. The normalized spacial score (nSPS) is 23.4. The summed E-state index contributed by atoms with van der Waals surface area (Å²) in [4.78, 5) is 4.18. The van der Waals surface area contributed by atoms with Crippen LogP contribution in [-0.2, 0) is 0 Å². The van der Waals surface area contributed by atoms with Gasteiger partial charge in [-0.3, -0.25) is 4.99 Å². The lowest BCUT2D eigenvalue weighted by Gasteiger charge is -2.16. The second-order valence-electron chi connectivity index (χ2n) is 3.42. The lowest BCUT2D eigenvalue weighted by molar-refractivity contribution is 0.162. The predicted molar refractivity (Wildman–Crippen MR) is 48.9 cm³/mol. The number of aliphatic imine (C=N–C) groups is 1. The molecule has 0 bridgehead atoms. The van der Waals surface area contributed by atoms with E-state index < -0.39 is 6.10 Å². The first kappa shape index (κ1) is 9.32. The molecule has 0 aliphatic heterocycles. The molecule has 0 spiro atoms. The van der Waals surface area contributed by atoms with Gasteiger partial charge >= 0.3 is 0 Å². The van der Waals surface area contributed by atoms with Crippen LogP contribution in [0.3, 0.4) is 0 Å². The highest BCUT2D eigenvalue weighted by atomic mass is 16.3. The van der Waals surface area contributed by atoms with E-state index in [1.165, 1.54) is 0 Å². The molecule has 4 heteroatoms. The van der Waals surface area contributed by atoms with Crippen molar-refractivity contribution < 1.29 is 5.11 Å². The average molecular weight is 171 g/mol. The van der Waals surface area contributed by atoms with Crippen LogP contribution >= 0.6 is 0 Å². The quantitative estimate of drug-likeness (QED) is 0.407. The Morgan fingerprint density at radius 1 is 1.58 bits per heavy atom. The van der Waals surface area contributed by atoms with E-state index in [0.717, 1.165) is 12.8 Å². The molecular formula is C8H17N3O. The third-order valence-electron chi connectivity index (χ3n) is 1.97. The first-order valence-corrected chi connectivity index (χ1v) is 4.37. The maximum Gasteiger partial charge on any atom is 0.189 e. The first-order valence-electron chi connectivity index (χ1n) is 4.37. The Balaban J connectivity index is 2.28. The van der Waals surface area contributed by atoms with Gasteiger partial charge in [0.15, 0.2) is 5.96 Å². The lowest BCUT2D eigenvalue weighted by atomic mass is 10.2. The fraction of sp³-hybridized carbons (Fsp3) is 0.875. The molecule has 1 aliphatic rings. The highest BCUT2D eigenvalue weighted by molar-refractivity contribution is 5.78. The van der Waals surface area contributed by atoms with Crippen LogP contribution in [0.1, 0.15) is 26.7 Å². The van der Waals surface area contributed by atoms with Crippen molar-refractivity contribution in [3.05, 3.63) is 0 Å². The summed E-state index contributed by atoms with van der Waals surface area (Å²) < 4.78 is 0. The third-order valence-corrected chi connectivity index (χ3v) is 1.97. The Morgan fingerprint density at radius 2 is 2.17 bits per heavy atom. The van der Waals surface area contributed by atoms with E-state index in [0.29, 0.717) is 12.0 Å². The number of aliphatic hydroxyl groups is 1. The van der Waals surface area contributed by atoms with Crippen LogP contribution in [0.15, 0.2) is 4.99 Å². The molecule has 70 valence electrons. The van der Waals surface area contributed by atoms with Gasteiger partial charge in [0, 0.05) is 0 Å². The van der Waals surface area contributed by atoms with E-state index in [-0.39, 0.29) is 6.04 Å². The van der Waals surface area contributed by atoms with Gasteiger partial charge in [-0.15, -0.1) is 0 Å². The SMILES string of the molecule is CC(O)C(C)NC(N)=NC1CC1. The van der Waals surface area contributed by atoms with Crippen LogP contribution in [-0.4, -0.2) is 29.3 Å². The Bertz CT molecular complexity index is 175. The van der Waals surface area contributed by atoms with E-state index >= 15 is 0 Å². The molecule has 0 aromatic rings. The summed E-state index contributed by atoms with van der Waals surface area (Å²) in [5.74, 6) is 0.450. The van der Waals surface area contributed by atoms with E-state index in [2.05, 4.69) is 10.3 Å². The van der Waals surface area contributed by atoms with Crippen LogP contribution in [0.2, 0.25) is 0 Å². The zero-order valence-corrected chi connectivity index (χ0v) is 7.62. The molecular weight excluding hydrogens is 154 g/mol. The summed E-state index contributed by atoms with van der Waals surface area (Å²) in [5, 5.41) is 12.1. The Kier molecular flexibility index (Phi) is 2.92. The van der Waals surface area contributed by atoms with E-state index in [4.69, 9.17) is 10.8 Å². The summed E-state index contributed by atoms with van der Waals surface area (Å²) in [7, 11) is 0. The van der Waals surface area contributed by atoms with E-state index in [1.54, 1.807) is 6.92 Å². The van der Waals surface area contributed by atoms with E-state index in [1.807, 2.05) is 6.92 Å². The van der Waals surface area contributed by atoms with Gasteiger partial charge in [0.1, 0.15) is 0 Å². The van der Waals surface area contributed by atoms with Crippen molar-refractivity contribution in [3.8, 4) is 0 Å². The molecule has 1 aliphatic carbocycles. The van der Waals surface area contributed by atoms with Crippen molar-refractivity contribution in [2.24, 2.45) is 10.7 Å². The molecule has 12 heavy (non-hydrogen) atoms. The molecule has 2 unspecified atom stereocenters. The summed E-state index contributed by atoms with van der Waals surface area (Å²) in [6, 6.07) is 0.395. The standard InChI is InChI=1S/C8H17N3O/c1-5(6(2)12)10-8(9)11-7-3-4-7/h5-7,12H,3-4H2,1-2H3,(H3,9,10,11). The summed E-state index contributed by atoms with van der Waals surface area (Å²) >= 11 is 0. The Labute approximate surface area is 72.9 Å². The topological polar surface area (TPSA) is 70.6 Å². The minimum absolute atomic E-state index is 0.0347. The van der Waals surface area contributed by atoms with Gasteiger partial charge in [-0.2, -0.15) is 0 Å². The average Bonchev–Trinajstić information content (AvgIpc) is 2.71. The summed E-state index contributed by atoms with van der Waals surface area (Å²) in [6.45, 7) is 3.60. The molecule has 1 saturated carbocycles. The zero-order valence-electron chi connectivity index (χ0n) is 7.62. The summed E-state index contributed by atoms with van der Waals surface area (Å²) in [5.41, 5.74) is 5.58. The molecule has 4 N–H and O–H groups in total. The fourth-order valence-corrected chi connectivity index (χ4v) is 0.791. The van der Waals surface area contributed by atoms with Crippen LogP contribution in [0, 0.1) is 0 Å². The monoisotopic (exact) mass is 171 g/mol. The Hall–Kier alpha value is -0.770. The van der Waals surface area contributed by atoms with Crippen molar-refractivity contribution in [1.29, 1.82) is 0 Å². The van der Waals surface area contributed by atoms with Crippen LogP contribution in [0.4, 0.5) is 0 Å². The molecule has 0 aromatic carbocycles. The number of guanidine groups is 1. The van der Waals surface area contributed by atoms with Crippen LogP contribution in [0.5, 0.6) is 0 Å². The number of nitrogens with one attached hydrogen (secondary N) is 1. The molecule has 0 heterocycles. The van der Waals surface area contributed by atoms with Gasteiger partial charge in [-0.05, 0) is 26.7 Å². The molecule has 0 saturated heterocycles. The third kappa shape index (κ3) is 3.09. The molecule has 1 rings (SSSR count). The second kappa shape index (κ2) is 3.76. The van der Waals surface area contributed by atoms with Gasteiger partial charge in [0.25, 0.3) is 0 Å². The van der Waals surface area contributed by atoms with Gasteiger partial charge < -0.3 is 16.2 Å². The van der Waals surface area contributed by atoms with Gasteiger partial charge in [-0.1, -0.05) is 0 Å². The van der Waals surface area contributed by atoms with Crippen molar-refractivity contribution in [1.82, 2.24) is 5.32 Å². The van der Waals surface area contributed by atoms with Crippen molar-refractivity contribution in [2.75, 3.05) is 0 Å². The fourth-order valence-electron chi connectivity index (χ4n) is 0.791. The number of rotatable bonds is 3. The van der Waals surface area contributed by atoms with Gasteiger partial charge in [0.05, 0.1) is 18.2 Å². The van der Waals surface area contributed by atoms with Crippen molar-refractivity contribution >= 4 is 5.96 Å². The number of nitrogens with two attached hydrogens (primary N) is 1. The largest absolute Gasteiger partial charge is 0.391 e. The maximum absolute atomic E-state index is 9.15. The number of hydrogen-bond donors (Lipinski definition) is 3. The molecule has 1 fully saturated rings. The van der Waals surface area contributed by atoms with E-state index in [9.17, 15) is 0 Å². The molecule has 2 atom stereocenters. The van der Waals surface area contributed by atoms with Crippen molar-refractivity contribution in [2.45, 2.75) is 44.9 Å². The number of nitrogens with zero attached hydrogens (tertiary/aromatic N) is 1. The summed E-state index contributed by atoms with van der Waals surface area (Å²) in [6.07, 6.45) is 1.88. The highest BCUT2D eigenvalue weighted by Gasteiger charge is 2.21. The van der Waals surface area contributed by atoms with Crippen LogP contribution in [0.25, 0.3) is 0 Å². The van der Waals surface area contributed by atoms with Gasteiger partial charge in [-0.25, -0.2) is 0 Å². The smallest absolute Gasteiger partial charge is 0.189 e. The van der Waals surface area contributed by atoms with Gasteiger partial charge in [0.2, 0.25) is 0 Å². The highest BCUT2D eigenvalue weighted by Crippen LogP contribution is 2.22. The predicted octanol–water partition coefficient (Wildman–Crippen LogP) is -0.178. The maximum atomic E-state index is 9.15. The lowest BCUT2D eigenvalue weighted by Crippen LogP contribution is -2.43. The minimum Gasteiger partial charge on any atom is -0.391 e. The molecule has 4 nitrogen and oxygen atoms in total. The minimum atomic E-state index is -0.405. The zero-order chi connectivity index (χ0) is 9.14. The Morgan fingerprint density at radius 3 is 2.58 bits per heavy atom. The molecule has 0 radical (unpaired) electrons.